The fraction of sp³-hybridized carbons (Fsp3) is 0.976. The minimum Gasteiger partial charge on any atom is -0.390 e. The summed E-state index contributed by atoms with van der Waals surface area (Å²) in [5.41, 5.74) is -0.685. The van der Waals surface area contributed by atoms with Crippen molar-refractivity contribution in [3.8, 4) is 0 Å². The summed E-state index contributed by atoms with van der Waals surface area (Å²) < 4.78 is 26.2. The molecule has 0 aromatic heterocycles. The Kier molecular flexibility index (Phi) is 9.27. The van der Waals surface area contributed by atoms with Crippen molar-refractivity contribution in [2.75, 3.05) is 40.4 Å². The predicted octanol–water partition coefficient (Wildman–Crippen LogP) is 5.50. The van der Waals surface area contributed by atoms with Gasteiger partial charge in [-0.1, -0.05) is 34.6 Å². The van der Waals surface area contributed by atoms with Gasteiger partial charge in [-0.3, -0.25) is 9.69 Å². The molecule has 2 spiro atoms. The molecule has 0 radical (unpaired) electrons. The van der Waals surface area contributed by atoms with E-state index in [0.29, 0.717) is 48.8 Å². The van der Waals surface area contributed by atoms with Crippen molar-refractivity contribution < 1.29 is 34.0 Å². The van der Waals surface area contributed by atoms with Gasteiger partial charge in [0.2, 0.25) is 5.91 Å². The van der Waals surface area contributed by atoms with Crippen LogP contribution in [0.3, 0.4) is 0 Å². The second-order valence-corrected chi connectivity index (χ2v) is 19.9. The van der Waals surface area contributed by atoms with Crippen LogP contribution >= 0.6 is 0 Å². The molecule has 2 saturated heterocycles. The zero-order valence-electron chi connectivity index (χ0n) is 33.2. The molecule has 7 aliphatic rings. The third-order valence-corrected chi connectivity index (χ3v) is 16.9. The van der Waals surface area contributed by atoms with Crippen LogP contribution in [0.2, 0.25) is 0 Å². The zero-order chi connectivity index (χ0) is 36.4. The van der Waals surface area contributed by atoms with E-state index in [1.807, 2.05) is 41.8 Å². The van der Waals surface area contributed by atoms with Gasteiger partial charge in [-0.2, -0.15) is 0 Å². The molecule has 7 rings (SSSR count). The van der Waals surface area contributed by atoms with E-state index in [-0.39, 0.29) is 58.2 Å². The van der Waals surface area contributed by atoms with Gasteiger partial charge in [-0.05, 0) is 124 Å². The Morgan fingerprint density at radius 3 is 2.40 bits per heavy atom. The Balaban J connectivity index is 1.10. The van der Waals surface area contributed by atoms with Crippen molar-refractivity contribution in [2.24, 2.45) is 50.7 Å². The van der Waals surface area contributed by atoms with Crippen LogP contribution in [-0.4, -0.2) is 115 Å². The summed E-state index contributed by atoms with van der Waals surface area (Å²) in [7, 11) is 3.64. The van der Waals surface area contributed by atoms with Crippen molar-refractivity contribution in [1.29, 1.82) is 0 Å². The second-order valence-electron chi connectivity index (χ2n) is 19.9. The maximum atomic E-state index is 12.7. The number of ether oxygens (including phenoxy) is 4. The minimum atomic E-state index is -1.03. The summed E-state index contributed by atoms with van der Waals surface area (Å²) in [5.74, 6) is 1.83. The Morgan fingerprint density at radius 1 is 1.06 bits per heavy atom. The van der Waals surface area contributed by atoms with Crippen molar-refractivity contribution in [2.45, 2.75) is 162 Å². The number of nitrogens with zero attached hydrogens (tertiary/aromatic N) is 2. The zero-order valence-corrected chi connectivity index (χ0v) is 33.2. The highest BCUT2D eigenvalue weighted by Gasteiger charge is 2.84. The maximum Gasteiger partial charge on any atom is 0.239 e. The topological polar surface area (TPSA) is 101 Å². The SMILES string of the molecule is CCO[C@@H]([C@H]1C[C@@H](C)[C@H]2[C@H](O1)[C@H](O)[C@@]1(C)[C@@H]3CC[C@H]4C(C)(C)[C@@H](O[C@H]5CN([C@H](C)C(=O)N(C)C)CCO5)CCC45CC35CC[C@]21C)C(C)(C)O. The molecule has 2 unspecified atom stereocenters. The fourth-order valence-corrected chi connectivity index (χ4v) is 14.5. The molecule has 2 N–H and O–H groups in total. The summed E-state index contributed by atoms with van der Waals surface area (Å²) in [5, 5.41) is 23.7. The van der Waals surface area contributed by atoms with Gasteiger partial charge in [-0.25, -0.2) is 0 Å². The number of morpholine rings is 1. The summed E-state index contributed by atoms with van der Waals surface area (Å²) in [6, 6.07) is -0.191. The van der Waals surface area contributed by atoms with Gasteiger partial charge in [0.25, 0.3) is 0 Å². The quantitative estimate of drug-likeness (QED) is 0.343. The summed E-state index contributed by atoms with van der Waals surface area (Å²) in [4.78, 5) is 16.6. The van der Waals surface area contributed by atoms with E-state index >= 15 is 0 Å². The first-order chi connectivity index (χ1) is 23.3. The Bertz CT molecular complexity index is 1300. The number of hydrogen-bond acceptors (Lipinski definition) is 8. The molecule has 0 aromatic rings. The molecule has 5 saturated carbocycles. The number of aliphatic hydroxyl groups is 2. The first-order valence-electron chi connectivity index (χ1n) is 20.2. The number of rotatable bonds is 8. The van der Waals surface area contributed by atoms with Crippen LogP contribution in [0, 0.1) is 50.7 Å². The molecule has 2 aliphatic heterocycles. The van der Waals surface area contributed by atoms with Crippen LogP contribution < -0.4 is 0 Å². The number of aliphatic hydroxyl groups excluding tert-OH is 1. The predicted molar refractivity (Wildman–Crippen MR) is 192 cm³/mol. The largest absolute Gasteiger partial charge is 0.390 e. The monoisotopic (exact) mass is 703 g/mol. The molecular formula is C41H70N2O7. The summed E-state index contributed by atoms with van der Waals surface area (Å²) in [6.07, 6.45) is 7.39. The van der Waals surface area contributed by atoms with Crippen molar-refractivity contribution >= 4 is 5.91 Å². The van der Waals surface area contributed by atoms with Gasteiger partial charge in [0, 0.05) is 32.7 Å². The number of likely N-dealkylation sites (N-methyl/N-ethyl adjacent to an activating group) is 1. The molecule has 9 nitrogen and oxygen atoms in total. The highest BCUT2D eigenvalue weighted by atomic mass is 16.7. The van der Waals surface area contributed by atoms with Gasteiger partial charge in [0.15, 0.2) is 6.29 Å². The van der Waals surface area contributed by atoms with E-state index in [2.05, 4.69) is 39.5 Å². The number of carbonyl (C=O) groups is 1. The average molecular weight is 703 g/mol. The molecule has 15 atom stereocenters. The van der Waals surface area contributed by atoms with Crippen molar-refractivity contribution in [3.63, 3.8) is 0 Å². The lowest BCUT2D eigenvalue weighted by Gasteiger charge is -2.64. The van der Waals surface area contributed by atoms with E-state index in [0.717, 1.165) is 32.2 Å². The molecule has 50 heavy (non-hydrogen) atoms. The molecule has 0 aromatic carbocycles. The highest BCUT2D eigenvalue weighted by molar-refractivity contribution is 5.80. The number of hydrogen-bond donors (Lipinski definition) is 2. The van der Waals surface area contributed by atoms with Gasteiger partial charge < -0.3 is 34.1 Å². The molecule has 9 heteroatoms. The maximum absolute atomic E-state index is 12.7. The Morgan fingerprint density at radius 2 is 1.74 bits per heavy atom. The molecule has 286 valence electrons. The fourth-order valence-electron chi connectivity index (χ4n) is 14.5. The van der Waals surface area contributed by atoms with E-state index in [9.17, 15) is 15.0 Å². The van der Waals surface area contributed by atoms with E-state index in [1.165, 1.54) is 25.7 Å². The van der Waals surface area contributed by atoms with E-state index < -0.39 is 17.8 Å². The van der Waals surface area contributed by atoms with E-state index in [4.69, 9.17) is 18.9 Å². The summed E-state index contributed by atoms with van der Waals surface area (Å²) >= 11 is 0. The Labute approximate surface area is 302 Å². The van der Waals surface area contributed by atoms with Gasteiger partial charge in [-0.15, -0.1) is 0 Å². The van der Waals surface area contributed by atoms with Crippen LogP contribution in [0.4, 0.5) is 0 Å². The summed E-state index contributed by atoms with van der Waals surface area (Å²) in [6.45, 7) is 22.3. The van der Waals surface area contributed by atoms with Crippen molar-refractivity contribution in [1.82, 2.24) is 9.80 Å². The number of fused-ring (bicyclic) bond motifs is 4. The molecule has 2 heterocycles. The average Bonchev–Trinajstić information content (AvgIpc) is 3.68. The molecule has 5 aliphatic carbocycles. The first-order valence-corrected chi connectivity index (χ1v) is 20.2. The van der Waals surface area contributed by atoms with Gasteiger partial charge in [0.05, 0.1) is 49.2 Å². The smallest absolute Gasteiger partial charge is 0.239 e. The van der Waals surface area contributed by atoms with Crippen molar-refractivity contribution in [3.05, 3.63) is 0 Å². The third-order valence-electron chi connectivity index (χ3n) is 16.9. The lowest BCUT2D eigenvalue weighted by atomic mass is 9.41. The minimum absolute atomic E-state index is 0.00357. The molecule has 7 fully saturated rings. The number of amides is 1. The van der Waals surface area contributed by atoms with Gasteiger partial charge >= 0.3 is 0 Å². The normalized spacial score (nSPS) is 49.4. The Hall–Kier alpha value is -0.810. The van der Waals surface area contributed by atoms with Crippen LogP contribution in [-0.2, 0) is 23.7 Å². The standard InChI is InChI=1S/C41H70N2O7/c1-12-47-34(37(6,7)46)26-21-24(2)31-32(49-26)33(44)39(9)28-14-13-27-36(4,5)29(15-16-40(27)23-41(28,40)18-17-38(31,39)8)50-30-22-43(19-20-48-30)25(3)35(45)42(10)11/h24-34,44,46H,12-23H2,1-11H3/t24-,25-,26-,27+,28+,29+,30+,31+,32+,33+,34+,38-,39-,40?,41?/m1/s1. The molecule has 0 bridgehead atoms. The van der Waals surface area contributed by atoms with Crippen LogP contribution in [0.5, 0.6) is 0 Å². The van der Waals surface area contributed by atoms with Crippen LogP contribution in [0.25, 0.3) is 0 Å². The molecular weight excluding hydrogens is 632 g/mol. The first kappa shape index (κ1) is 37.5. The third kappa shape index (κ3) is 5.12. The number of carbonyl (C=O) groups excluding carboxylic acids is 1. The second kappa shape index (κ2) is 12.4. The lowest BCUT2D eigenvalue weighted by Crippen LogP contribution is -2.60. The highest BCUT2D eigenvalue weighted by Crippen LogP contribution is 2.89. The van der Waals surface area contributed by atoms with Crippen LogP contribution in [0.1, 0.15) is 114 Å². The van der Waals surface area contributed by atoms with Gasteiger partial charge in [0.1, 0.15) is 6.10 Å². The van der Waals surface area contributed by atoms with Crippen LogP contribution in [0.15, 0.2) is 0 Å². The lowest BCUT2D eigenvalue weighted by molar-refractivity contribution is -0.250. The molecule has 1 amide bonds. The van der Waals surface area contributed by atoms with E-state index in [1.54, 1.807) is 4.90 Å².